The lowest BCUT2D eigenvalue weighted by Gasteiger charge is -2.04. The fourth-order valence-corrected chi connectivity index (χ4v) is 1.28. The van der Waals surface area contributed by atoms with Crippen LogP contribution in [-0.4, -0.2) is 30.8 Å². The average molecular weight is 239 g/mol. The van der Waals surface area contributed by atoms with E-state index in [1.807, 2.05) is 0 Å². The minimum absolute atomic E-state index is 0.199. The van der Waals surface area contributed by atoms with Gasteiger partial charge in [0.1, 0.15) is 11.3 Å². The molecule has 1 aromatic rings. The third kappa shape index (κ3) is 4.84. The summed E-state index contributed by atoms with van der Waals surface area (Å²) in [6.45, 7) is 5.87. The van der Waals surface area contributed by atoms with Crippen LogP contribution in [0.25, 0.3) is 0 Å². The summed E-state index contributed by atoms with van der Waals surface area (Å²) >= 11 is 0. The fraction of sp³-hybridized carbons (Fsp3) is 0.417. The Labute approximate surface area is 100 Å². The summed E-state index contributed by atoms with van der Waals surface area (Å²) < 4.78 is 10.4. The number of carboxylic acid groups (broad SMARTS) is 1. The molecule has 0 saturated carbocycles. The summed E-state index contributed by atoms with van der Waals surface area (Å²) in [4.78, 5) is 10.8. The van der Waals surface area contributed by atoms with Gasteiger partial charge in [0.25, 0.3) is 0 Å². The lowest BCUT2D eigenvalue weighted by molar-refractivity contribution is 0.0694. The maximum Gasteiger partial charge on any atom is 0.339 e. The number of rotatable bonds is 9. The number of ether oxygens (including phenoxy) is 1. The van der Waals surface area contributed by atoms with E-state index in [4.69, 9.17) is 14.3 Å². The Balaban J connectivity index is 2.15. The summed E-state index contributed by atoms with van der Waals surface area (Å²) in [6, 6.07) is 1.44. The molecular weight excluding hydrogens is 222 g/mol. The number of carbonyl (C=O) groups is 1. The predicted molar refractivity (Wildman–Crippen MR) is 63.0 cm³/mol. The smallest absolute Gasteiger partial charge is 0.339 e. The van der Waals surface area contributed by atoms with Crippen molar-refractivity contribution in [2.24, 2.45) is 0 Å². The maximum atomic E-state index is 10.8. The SMILES string of the molecule is C=CCCOCCNCc1occc1C(=O)O. The van der Waals surface area contributed by atoms with E-state index in [0.717, 1.165) is 6.42 Å². The Morgan fingerprint density at radius 2 is 2.41 bits per heavy atom. The van der Waals surface area contributed by atoms with E-state index in [1.54, 1.807) is 6.08 Å². The molecule has 0 unspecified atom stereocenters. The van der Waals surface area contributed by atoms with Crippen LogP contribution in [0.3, 0.4) is 0 Å². The van der Waals surface area contributed by atoms with Crippen molar-refractivity contribution in [3.63, 3.8) is 0 Å². The largest absolute Gasteiger partial charge is 0.478 e. The number of nitrogens with one attached hydrogen (secondary N) is 1. The molecule has 5 nitrogen and oxygen atoms in total. The molecule has 0 atom stereocenters. The highest BCUT2D eigenvalue weighted by Crippen LogP contribution is 2.09. The van der Waals surface area contributed by atoms with Gasteiger partial charge in [-0.2, -0.15) is 0 Å². The molecule has 0 saturated heterocycles. The average Bonchev–Trinajstić information content (AvgIpc) is 2.76. The van der Waals surface area contributed by atoms with Gasteiger partial charge in [-0.25, -0.2) is 4.79 Å². The van der Waals surface area contributed by atoms with Gasteiger partial charge in [0.2, 0.25) is 0 Å². The van der Waals surface area contributed by atoms with Crippen LogP contribution in [0.4, 0.5) is 0 Å². The van der Waals surface area contributed by atoms with Crippen molar-refractivity contribution < 1.29 is 19.1 Å². The zero-order valence-electron chi connectivity index (χ0n) is 9.65. The molecule has 1 heterocycles. The number of hydrogen-bond acceptors (Lipinski definition) is 4. The van der Waals surface area contributed by atoms with Crippen LogP contribution in [0.1, 0.15) is 22.5 Å². The zero-order chi connectivity index (χ0) is 12.5. The summed E-state index contributed by atoms with van der Waals surface area (Å²) in [5, 5.41) is 11.9. The van der Waals surface area contributed by atoms with Crippen LogP contribution in [0.2, 0.25) is 0 Å². The Kier molecular flexibility index (Phi) is 6.06. The van der Waals surface area contributed by atoms with Gasteiger partial charge in [-0.3, -0.25) is 0 Å². The molecule has 0 aliphatic heterocycles. The highest BCUT2D eigenvalue weighted by atomic mass is 16.5. The highest BCUT2D eigenvalue weighted by Gasteiger charge is 2.12. The van der Waals surface area contributed by atoms with Crippen molar-refractivity contribution >= 4 is 5.97 Å². The molecule has 0 aliphatic rings. The summed E-state index contributed by atoms with van der Waals surface area (Å²) in [5.74, 6) is -0.540. The van der Waals surface area contributed by atoms with Crippen molar-refractivity contribution in [2.45, 2.75) is 13.0 Å². The minimum Gasteiger partial charge on any atom is -0.478 e. The van der Waals surface area contributed by atoms with Gasteiger partial charge in [0.05, 0.1) is 26.0 Å². The highest BCUT2D eigenvalue weighted by molar-refractivity contribution is 5.88. The topological polar surface area (TPSA) is 71.7 Å². The molecule has 0 aliphatic carbocycles. The van der Waals surface area contributed by atoms with E-state index in [9.17, 15) is 4.79 Å². The molecule has 2 N–H and O–H groups in total. The Bertz CT molecular complexity index is 359. The van der Waals surface area contributed by atoms with E-state index in [2.05, 4.69) is 11.9 Å². The second-order valence-electron chi connectivity index (χ2n) is 3.43. The third-order valence-corrected chi connectivity index (χ3v) is 2.15. The van der Waals surface area contributed by atoms with E-state index in [1.165, 1.54) is 12.3 Å². The summed E-state index contributed by atoms with van der Waals surface area (Å²) in [5.41, 5.74) is 0.199. The van der Waals surface area contributed by atoms with Gasteiger partial charge in [-0.05, 0) is 12.5 Å². The molecule has 0 amide bonds. The van der Waals surface area contributed by atoms with E-state index >= 15 is 0 Å². The van der Waals surface area contributed by atoms with Gasteiger partial charge in [0.15, 0.2) is 0 Å². The normalized spacial score (nSPS) is 10.4. The molecule has 17 heavy (non-hydrogen) atoms. The second-order valence-corrected chi connectivity index (χ2v) is 3.43. The summed E-state index contributed by atoms with van der Waals surface area (Å²) in [7, 11) is 0. The third-order valence-electron chi connectivity index (χ3n) is 2.15. The van der Waals surface area contributed by atoms with Gasteiger partial charge >= 0.3 is 5.97 Å². The van der Waals surface area contributed by atoms with E-state index in [0.29, 0.717) is 32.1 Å². The van der Waals surface area contributed by atoms with Gasteiger partial charge in [0, 0.05) is 6.54 Å². The van der Waals surface area contributed by atoms with Crippen molar-refractivity contribution in [2.75, 3.05) is 19.8 Å². The molecular formula is C12H17NO4. The van der Waals surface area contributed by atoms with Crippen LogP contribution in [-0.2, 0) is 11.3 Å². The Morgan fingerprint density at radius 3 is 3.12 bits per heavy atom. The molecule has 0 fully saturated rings. The first-order valence-corrected chi connectivity index (χ1v) is 5.44. The first kappa shape index (κ1) is 13.5. The molecule has 0 radical (unpaired) electrons. The van der Waals surface area contributed by atoms with Crippen LogP contribution < -0.4 is 5.32 Å². The summed E-state index contributed by atoms with van der Waals surface area (Å²) in [6.07, 6.45) is 4.01. The number of carboxylic acids is 1. The van der Waals surface area contributed by atoms with E-state index in [-0.39, 0.29) is 5.56 Å². The molecule has 94 valence electrons. The van der Waals surface area contributed by atoms with Crippen molar-refractivity contribution in [3.05, 3.63) is 36.3 Å². The lowest BCUT2D eigenvalue weighted by Crippen LogP contribution is -2.20. The van der Waals surface area contributed by atoms with Gasteiger partial charge in [-0.15, -0.1) is 6.58 Å². The monoisotopic (exact) mass is 239 g/mol. The van der Waals surface area contributed by atoms with Crippen LogP contribution in [0.15, 0.2) is 29.4 Å². The molecule has 0 spiro atoms. The standard InChI is InChI=1S/C12H17NO4/c1-2-3-6-16-8-5-13-9-11-10(12(14)15)4-7-17-11/h2,4,7,13H,1,3,5-6,8-9H2,(H,14,15). The molecule has 5 heteroatoms. The maximum absolute atomic E-state index is 10.8. The number of furan rings is 1. The number of hydrogen-bond donors (Lipinski definition) is 2. The first-order chi connectivity index (χ1) is 8.25. The van der Waals surface area contributed by atoms with Crippen molar-refractivity contribution in [1.82, 2.24) is 5.32 Å². The van der Waals surface area contributed by atoms with Crippen LogP contribution >= 0.6 is 0 Å². The fourth-order valence-electron chi connectivity index (χ4n) is 1.28. The number of aromatic carboxylic acids is 1. The van der Waals surface area contributed by atoms with Gasteiger partial charge in [-0.1, -0.05) is 6.08 Å². The quantitative estimate of drug-likeness (QED) is 0.506. The van der Waals surface area contributed by atoms with Crippen molar-refractivity contribution in [1.29, 1.82) is 0 Å². The minimum atomic E-state index is -0.974. The Morgan fingerprint density at radius 1 is 1.59 bits per heavy atom. The lowest BCUT2D eigenvalue weighted by atomic mass is 10.2. The predicted octanol–water partition coefficient (Wildman–Crippen LogP) is 1.66. The molecule has 0 bridgehead atoms. The first-order valence-electron chi connectivity index (χ1n) is 5.44. The van der Waals surface area contributed by atoms with Crippen molar-refractivity contribution in [3.8, 4) is 0 Å². The second kappa shape index (κ2) is 7.65. The molecule has 1 aromatic heterocycles. The van der Waals surface area contributed by atoms with Crippen LogP contribution in [0, 0.1) is 0 Å². The van der Waals surface area contributed by atoms with Crippen LogP contribution in [0.5, 0.6) is 0 Å². The van der Waals surface area contributed by atoms with Gasteiger partial charge < -0.3 is 19.6 Å². The Hall–Kier alpha value is -1.59. The molecule has 1 rings (SSSR count). The van der Waals surface area contributed by atoms with E-state index < -0.39 is 5.97 Å². The zero-order valence-corrected chi connectivity index (χ0v) is 9.65. The molecule has 0 aromatic carbocycles.